The van der Waals surface area contributed by atoms with E-state index in [1.54, 1.807) is 7.11 Å². The third kappa shape index (κ3) is 2.59. The Labute approximate surface area is 113 Å². The van der Waals surface area contributed by atoms with Gasteiger partial charge < -0.3 is 14.9 Å². The first kappa shape index (κ1) is 13.9. The number of carboxylic acid groups (broad SMARTS) is 1. The molecule has 1 aromatic carbocycles. The van der Waals surface area contributed by atoms with E-state index in [-0.39, 0.29) is 12.3 Å². The van der Waals surface area contributed by atoms with Crippen LogP contribution >= 0.6 is 0 Å². The highest BCUT2D eigenvalue weighted by molar-refractivity contribution is 5.69. The molecule has 1 saturated carbocycles. The van der Waals surface area contributed by atoms with Crippen LogP contribution in [0.25, 0.3) is 0 Å². The summed E-state index contributed by atoms with van der Waals surface area (Å²) in [5, 5.41) is 19.9. The van der Waals surface area contributed by atoms with Gasteiger partial charge in [-0.2, -0.15) is 0 Å². The molecule has 0 radical (unpaired) electrons. The molecule has 1 aromatic rings. The highest BCUT2D eigenvalue weighted by Gasteiger charge is 2.48. The van der Waals surface area contributed by atoms with Crippen LogP contribution in [-0.2, 0) is 10.4 Å². The van der Waals surface area contributed by atoms with E-state index in [0.717, 1.165) is 24.0 Å². The fourth-order valence-corrected chi connectivity index (χ4v) is 2.55. The SMILES string of the molecule is COc1cc(C)c(C)cc1C(O)(CC(=O)O)C1CC1. The van der Waals surface area contributed by atoms with E-state index in [9.17, 15) is 9.90 Å². The number of carbonyl (C=O) groups is 1. The minimum absolute atomic E-state index is 0.0135. The third-order valence-corrected chi connectivity index (χ3v) is 3.96. The lowest BCUT2D eigenvalue weighted by atomic mass is 9.83. The van der Waals surface area contributed by atoms with Crippen LogP contribution in [0.4, 0.5) is 0 Å². The summed E-state index contributed by atoms with van der Waals surface area (Å²) in [6.07, 6.45) is 1.44. The molecule has 104 valence electrons. The zero-order chi connectivity index (χ0) is 14.2. The highest BCUT2D eigenvalue weighted by atomic mass is 16.5. The molecule has 0 bridgehead atoms. The first-order chi connectivity index (χ1) is 8.88. The number of methoxy groups -OCH3 is 1. The molecule has 0 spiro atoms. The first-order valence-electron chi connectivity index (χ1n) is 6.48. The number of aliphatic hydroxyl groups is 1. The zero-order valence-electron chi connectivity index (χ0n) is 11.6. The summed E-state index contributed by atoms with van der Waals surface area (Å²) in [7, 11) is 1.54. The van der Waals surface area contributed by atoms with Gasteiger partial charge >= 0.3 is 5.97 Å². The summed E-state index contributed by atoms with van der Waals surface area (Å²) in [5.41, 5.74) is 1.37. The van der Waals surface area contributed by atoms with Gasteiger partial charge in [-0.15, -0.1) is 0 Å². The van der Waals surface area contributed by atoms with Crippen LogP contribution in [0.5, 0.6) is 5.75 Å². The van der Waals surface area contributed by atoms with Crippen LogP contribution in [0.3, 0.4) is 0 Å². The van der Waals surface area contributed by atoms with Gasteiger partial charge in [0.25, 0.3) is 0 Å². The van der Waals surface area contributed by atoms with Gasteiger partial charge in [-0.1, -0.05) is 0 Å². The monoisotopic (exact) mass is 264 g/mol. The summed E-state index contributed by atoms with van der Waals surface area (Å²) < 4.78 is 5.33. The number of benzene rings is 1. The molecule has 4 nitrogen and oxygen atoms in total. The second kappa shape index (κ2) is 4.85. The van der Waals surface area contributed by atoms with Crippen LogP contribution in [-0.4, -0.2) is 23.3 Å². The number of ether oxygens (including phenoxy) is 1. The molecule has 4 heteroatoms. The average Bonchev–Trinajstić information content (AvgIpc) is 3.15. The van der Waals surface area contributed by atoms with Crippen molar-refractivity contribution in [2.24, 2.45) is 5.92 Å². The molecule has 1 aliphatic rings. The third-order valence-electron chi connectivity index (χ3n) is 3.96. The van der Waals surface area contributed by atoms with Gasteiger partial charge in [-0.3, -0.25) is 4.79 Å². The Hall–Kier alpha value is -1.55. The Morgan fingerprint density at radius 3 is 2.42 bits per heavy atom. The number of aliphatic carboxylic acids is 1. The van der Waals surface area contributed by atoms with Gasteiger partial charge in [-0.25, -0.2) is 0 Å². The van der Waals surface area contributed by atoms with Crippen molar-refractivity contribution in [3.63, 3.8) is 0 Å². The van der Waals surface area contributed by atoms with Crippen molar-refractivity contribution < 1.29 is 19.7 Å². The quantitative estimate of drug-likeness (QED) is 0.857. The van der Waals surface area contributed by atoms with Gasteiger partial charge in [0.2, 0.25) is 0 Å². The largest absolute Gasteiger partial charge is 0.496 e. The van der Waals surface area contributed by atoms with Crippen molar-refractivity contribution in [3.8, 4) is 5.75 Å². The maximum absolute atomic E-state index is 11.1. The van der Waals surface area contributed by atoms with Crippen molar-refractivity contribution in [1.29, 1.82) is 0 Å². The normalized spacial score (nSPS) is 17.9. The van der Waals surface area contributed by atoms with Gasteiger partial charge in [0.1, 0.15) is 11.4 Å². The molecule has 2 rings (SSSR count). The highest BCUT2D eigenvalue weighted by Crippen LogP contribution is 2.50. The van der Waals surface area contributed by atoms with Crippen molar-refractivity contribution in [2.45, 2.75) is 38.7 Å². The van der Waals surface area contributed by atoms with Gasteiger partial charge in [0.15, 0.2) is 0 Å². The van der Waals surface area contributed by atoms with E-state index in [0.29, 0.717) is 11.3 Å². The second-order valence-corrected chi connectivity index (χ2v) is 5.41. The van der Waals surface area contributed by atoms with Crippen LogP contribution < -0.4 is 4.74 Å². The summed E-state index contributed by atoms with van der Waals surface area (Å²) in [6.45, 7) is 3.92. The topological polar surface area (TPSA) is 66.8 Å². The maximum Gasteiger partial charge on any atom is 0.306 e. The molecule has 19 heavy (non-hydrogen) atoms. The Bertz CT molecular complexity index is 505. The van der Waals surface area contributed by atoms with E-state index in [4.69, 9.17) is 9.84 Å². The lowest BCUT2D eigenvalue weighted by Gasteiger charge is -2.29. The Kier molecular flexibility index (Phi) is 3.54. The van der Waals surface area contributed by atoms with Crippen LogP contribution in [0, 0.1) is 19.8 Å². The molecule has 0 amide bonds. The van der Waals surface area contributed by atoms with E-state index in [1.165, 1.54) is 0 Å². The first-order valence-corrected chi connectivity index (χ1v) is 6.48. The van der Waals surface area contributed by atoms with E-state index < -0.39 is 11.6 Å². The summed E-state index contributed by atoms with van der Waals surface area (Å²) in [6, 6.07) is 3.72. The number of rotatable bonds is 5. The molecular weight excluding hydrogens is 244 g/mol. The fraction of sp³-hybridized carbons (Fsp3) is 0.533. The molecule has 1 fully saturated rings. The predicted octanol–water partition coefficient (Wildman–Crippen LogP) is 2.38. The molecule has 1 unspecified atom stereocenters. The lowest BCUT2D eigenvalue weighted by Crippen LogP contribution is -2.32. The second-order valence-electron chi connectivity index (χ2n) is 5.41. The lowest BCUT2D eigenvalue weighted by molar-refractivity contribution is -0.144. The summed E-state index contributed by atoms with van der Waals surface area (Å²) >= 11 is 0. The molecule has 0 heterocycles. The average molecular weight is 264 g/mol. The van der Waals surface area contributed by atoms with Crippen molar-refractivity contribution >= 4 is 5.97 Å². The molecule has 0 aliphatic heterocycles. The Balaban J connectivity index is 2.52. The Morgan fingerprint density at radius 2 is 1.95 bits per heavy atom. The molecule has 0 aromatic heterocycles. The number of hydrogen-bond donors (Lipinski definition) is 2. The van der Waals surface area contributed by atoms with Gasteiger partial charge in [-0.05, 0) is 55.9 Å². The maximum atomic E-state index is 11.1. The van der Waals surface area contributed by atoms with Crippen molar-refractivity contribution in [3.05, 3.63) is 28.8 Å². The van der Waals surface area contributed by atoms with Crippen molar-refractivity contribution in [2.75, 3.05) is 7.11 Å². The van der Waals surface area contributed by atoms with Crippen LogP contribution in [0.2, 0.25) is 0 Å². The van der Waals surface area contributed by atoms with E-state index in [1.807, 2.05) is 26.0 Å². The zero-order valence-corrected chi connectivity index (χ0v) is 11.6. The van der Waals surface area contributed by atoms with Gasteiger partial charge in [0.05, 0.1) is 13.5 Å². The minimum Gasteiger partial charge on any atom is -0.496 e. The van der Waals surface area contributed by atoms with Crippen LogP contribution in [0.15, 0.2) is 12.1 Å². The van der Waals surface area contributed by atoms with E-state index in [2.05, 4.69) is 0 Å². The summed E-state index contributed by atoms with van der Waals surface area (Å²) in [4.78, 5) is 11.1. The van der Waals surface area contributed by atoms with Crippen molar-refractivity contribution in [1.82, 2.24) is 0 Å². The minimum atomic E-state index is -1.32. The number of carboxylic acids is 1. The van der Waals surface area contributed by atoms with Crippen LogP contribution in [0.1, 0.15) is 36.0 Å². The molecule has 1 aliphatic carbocycles. The smallest absolute Gasteiger partial charge is 0.306 e. The standard InChI is InChI=1S/C15H20O4/c1-9-6-12(13(19-3)7-10(9)2)15(18,8-14(16)17)11-4-5-11/h6-7,11,18H,4-5,8H2,1-3H3,(H,16,17). The molecule has 1 atom stereocenters. The molecule has 0 saturated heterocycles. The Morgan fingerprint density at radius 1 is 1.37 bits per heavy atom. The molecular formula is C15H20O4. The predicted molar refractivity (Wildman–Crippen MR) is 71.3 cm³/mol. The van der Waals surface area contributed by atoms with E-state index >= 15 is 0 Å². The number of aryl methyl sites for hydroxylation is 2. The van der Waals surface area contributed by atoms with Gasteiger partial charge in [0, 0.05) is 5.56 Å². The fourth-order valence-electron chi connectivity index (χ4n) is 2.55. The molecule has 2 N–H and O–H groups in total. The summed E-state index contributed by atoms with van der Waals surface area (Å²) in [5.74, 6) is -0.409. The number of hydrogen-bond acceptors (Lipinski definition) is 3.